The maximum Gasteiger partial charge on any atom is 0.409 e. The lowest BCUT2D eigenvalue weighted by Crippen LogP contribution is -2.17. The number of alkyl halides is 1. The van der Waals surface area contributed by atoms with Gasteiger partial charge in [0.2, 0.25) is 6.17 Å². The summed E-state index contributed by atoms with van der Waals surface area (Å²) in [6, 6.07) is 15.1. The summed E-state index contributed by atoms with van der Waals surface area (Å²) in [6.07, 6.45) is -3.18. The summed E-state index contributed by atoms with van der Waals surface area (Å²) >= 11 is 2.64. The van der Waals surface area contributed by atoms with Crippen LogP contribution in [0.2, 0.25) is 0 Å². The van der Waals surface area contributed by atoms with Crippen LogP contribution in [0.5, 0.6) is 0 Å². The molecule has 4 aromatic rings. The van der Waals surface area contributed by atoms with Crippen LogP contribution in [0, 0.1) is 0 Å². The third kappa shape index (κ3) is 4.46. The monoisotopic (exact) mass is 469 g/mol. The van der Waals surface area contributed by atoms with Crippen molar-refractivity contribution in [2.45, 2.75) is 6.17 Å². The number of benzene rings is 2. The highest BCUT2D eigenvalue weighted by atomic mass is 32.1. The number of carbonyl (C=O) groups excluding carboxylic acids is 2. The van der Waals surface area contributed by atoms with Gasteiger partial charge < -0.3 is 16.2 Å². The van der Waals surface area contributed by atoms with Crippen LogP contribution in [0.4, 0.5) is 20.6 Å². The second kappa shape index (κ2) is 8.77. The first kappa shape index (κ1) is 21.5. The summed E-state index contributed by atoms with van der Waals surface area (Å²) in [5, 5.41) is 16.8. The van der Waals surface area contributed by atoms with Crippen LogP contribution in [0.25, 0.3) is 20.5 Å². The van der Waals surface area contributed by atoms with E-state index in [2.05, 4.69) is 10.6 Å². The van der Waals surface area contributed by atoms with Crippen molar-refractivity contribution in [2.75, 3.05) is 10.6 Å². The molecule has 2 heterocycles. The average molecular weight is 470 g/mol. The van der Waals surface area contributed by atoms with E-state index in [0.29, 0.717) is 20.7 Å². The molecule has 2 aromatic carbocycles. The Kier molecular flexibility index (Phi) is 5.89. The van der Waals surface area contributed by atoms with E-state index in [1.54, 1.807) is 30.3 Å². The van der Waals surface area contributed by atoms with Gasteiger partial charge in [0, 0.05) is 9.58 Å². The van der Waals surface area contributed by atoms with Crippen LogP contribution in [-0.2, 0) is 4.79 Å². The van der Waals surface area contributed by atoms with E-state index in [9.17, 15) is 18.8 Å². The van der Waals surface area contributed by atoms with Gasteiger partial charge in [-0.2, -0.15) is 0 Å². The zero-order valence-electron chi connectivity index (χ0n) is 16.3. The van der Waals surface area contributed by atoms with Crippen molar-refractivity contribution in [3.8, 4) is 10.4 Å². The molecule has 162 valence electrons. The number of hydrogen-bond acceptors (Lipinski definition) is 5. The Morgan fingerprint density at radius 3 is 2.50 bits per heavy atom. The lowest BCUT2D eigenvalue weighted by Gasteiger charge is -2.12. The SMILES string of the molecule is NC(=O)C(F)c1ccc2cc(C(=O)Nc3cc(-c4cccs4)ccc3NC(=O)O)sc2c1. The number of halogens is 1. The first-order chi connectivity index (χ1) is 15.3. The van der Waals surface area contributed by atoms with Gasteiger partial charge in [-0.05, 0) is 52.2 Å². The molecular weight excluding hydrogens is 453 g/mol. The topological polar surface area (TPSA) is 122 Å². The van der Waals surface area contributed by atoms with Gasteiger partial charge in [-0.1, -0.05) is 24.3 Å². The molecule has 0 saturated heterocycles. The molecule has 1 unspecified atom stereocenters. The van der Waals surface area contributed by atoms with Crippen LogP contribution in [0.1, 0.15) is 21.4 Å². The van der Waals surface area contributed by atoms with E-state index in [-0.39, 0.29) is 11.3 Å². The lowest BCUT2D eigenvalue weighted by molar-refractivity contribution is -0.122. The van der Waals surface area contributed by atoms with E-state index >= 15 is 0 Å². The molecule has 5 N–H and O–H groups in total. The number of anilines is 2. The number of nitrogens with one attached hydrogen (secondary N) is 2. The lowest BCUT2D eigenvalue weighted by atomic mass is 10.1. The molecule has 32 heavy (non-hydrogen) atoms. The van der Waals surface area contributed by atoms with Gasteiger partial charge in [0.05, 0.1) is 16.3 Å². The van der Waals surface area contributed by atoms with Crippen LogP contribution in [0.3, 0.4) is 0 Å². The van der Waals surface area contributed by atoms with Crippen LogP contribution < -0.4 is 16.4 Å². The second-order valence-corrected chi connectivity index (χ2v) is 8.83. The molecule has 0 aliphatic rings. The summed E-state index contributed by atoms with van der Waals surface area (Å²) in [6.45, 7) is 0. The Hall–Kier alpha value is -3.76. The van der Waals surface area contributed by atoms with Crippen molar-refractivity contribution >= 4 is 62.0 Å². The molecule has 4 rings (SSSR count). The molecule has 0 saturated carbocycles. The Bertz CT molecular complexity index is 1330. The number of carbonyl (C=O) groups is 3. The van der Waals surface area contributed by atoms with Crippen molar-refractivity contribution in [2.24, 2.45) is 5.73 Å². The fourth-order valence-corrected chi connectivity index (χ4v) is 4.86. The smallest absolute Gasteiger partial charge is 0.409 e. The summed E-state index contributed by atoms with van der Waals surface area (Å²) in [4.78, 5) is 36.5. The summed E-state index contributed by atoms with van der Waals surface area (Å²) in [5.74, 6) is -1.53. The highest BCUT2D eigenvalue weighted by Gasteiger charge is 2.19. The van der Waals surface area contributed by atoms with Crippen molar-refractivity contribution in [3.63, 3.8) is 0 Å². The van der Waals surface area contributed by atoms with E-state index in [0.717, 1.165) is 21.8 Å². The summed E-state index contributed by atoms with van der Waals surface area (Å²) in [7, 11) is 0. The van der Waals surface area contributed by atoms with Gasteiger partial charge in [-0.3, -0.25) is 14.9 Å². The molecule has 3 amide bonds. The average Bonchev–Trinajstić information content (AvgIpc) is 3.43. The molecule has 0 radical (unpaired) electrons. The number of nitrogens with two attached hydrogens (primary N) is 1. The zero-order valence-corrected chi connectivity index (χ0v) is 17.9. The number of fused-ring (bicyclic) bond motifs is 1. The normalized spacial score (nSPS) is 11.8. The highest BCUT2D eigenvalue weighted by Crippen LogP contribution is 2.34. The number of primary amides is 1. The Morgan fingerprint density at radius 2 is 1.81 bits per heavy atom. The van der Waals surface area contributed by atoms with E-state index in [1.165, 1.54) is 23.5 Å². The highest BCUT2D eigenvalue weighted by molar-refractivity contribution is 7.21. The van der Waals surface area contributed by atoms with E-state index in [1.807, 2.05) is 17.5 Å². The minimum atomic E-state index is -1.93. The fraction of sp³-hybridized carbons (Fsp3) is 0.0455. The van der Waals surface area contributed by atoms with Crippen LogP contribution >= 0.6 is 22.7 Å². The number of hydrogen-bond donors (Lipinski definition) is 4. The van der Waals surface area contributed by atoms with Crippen molar-refractivity contribution < 1.29 is 23.9 Å². The van der Waals surface area contributed by atoms with Gasteiger partial charge in [0.25, 0.3) is 11.8 Å². The Labute approximate surface area is 189 Å². The first-order valence-electron chi connectivity index (χ1n) is 9.28. The van der Waals surface area contributed by atoms with Gasteiger partial charge in [0.15, 0.2) is 0 Å². The number of amides is 3. The van der Waals surface area contributed by atoms with Crippen molar-refractivity contribution in [3.05, 3.63) is 70.4 Å². The van der Waals surface area contributed by atoms with E-state index < -0.39 is 24.1 Å². The molecule has 0 aliphatic heterocycles. The summed E-state index contributed by atoms with van der Waals surface area (Å²) in [5.41, 5.74) is 6.51. The molecule has 0 aliphatic carbocycles. The van der Waals surface area contributed by atoms with Crippen molar-refractivity contribution in [1.82, 2.24) is 0 Å². The van der Waals surface area contributed by atoms with Crippen LogP contribution in [-0.4, -0.2) is 23.0 Å². The zero-order chi connectivity index (χ0) is 22.8. The number of rotatable bonds is 6. The number of thiophene rings is 2. The minimum Gasteiger partial charge on any atom is -0.465 e. The molecule has 0 spiro atoms. The van der Waals surface area contributed by atoms with E-state index in [4.69, 9.17) is 10.8 Å². The molecule has 10 heteroatoms. The van der Waals surface area contributed by atoms with Gasteiger partial charge >= 0.3 is 6.09 Å². The maximum absolute atomic E-state index is 13.9. The minimum absolute atomic E-state index is 0.121. The maximum atomic E-state index is 13.9. The molecule has 0 bridgehead atoms. The largest absolute Gasteiger partial charge is 0.465 e. The van der Waals surface area contributed by atoms with Gasteiger partial charge in [0.1, 0.15) is 0 Å². The predicted octanol–water partition coefficient (Wildman–Crippen LogP) is 5.47. The van der Waals surface area contributed by atoms with Gasteiger partial charge in [-0.15, -0.1) is 22.7 Å². The molecular formula is C22H16FN3O4S2. The van der Waals surface area contributed by atoms with Crippen molar-refractivity contribution in [1.29, 1.82) is 0 Å². The van der Waals surface area contributed by atoms with Crippen LogP contribution in [0.15, 0.2) is 60.0 Å². The number of carboxylic acid groups (broad SMARTS) is 1. The molecule has 1 atom stereocenters. The fourth-order valence-electron chi connectivity index (χ4n) is 3.13. The quantitative estimate of drug-likeness (QED) is 0.299. The standard InChI is InChI=1S/C22H16FN3O4S2/c23-19(20(24)27)13-4-3-12-9-18(32-17(12)10-13)21(28)25-15-8-11(16-2-1-7-31-16)5-6-14(15)26-22(29)30/h1-10,19,26H,(H2,24,27)(H,25,28)(H,29,30). The predicted molar refractivity (Wildman–Crippen MR) is 124 cm³/mol. The first-order valence-corrected chi connectivity index (χ1v) is 11.0. The van der Waals surface area contributed by atoms with Gasteiger partial charge in [-0.25, -0.2) is 9.18 Å². The third-order valence-corrected chi connectivity index (χ3v) is 6.64. The molecule has 2 aromatic heterocycles. The summed E-state index contributed by atoms with van der Waals surface area (Å²) < 4.78 is 14.6. The Morgan fingerprint density at radius 1 is 1.00 bits per heavy atom. The molecule has 7 nitrogen and oxygen atoms in total. The third-order valence-electron chi connectivity index (χ3n) is 4.63. The Balaban J connectivity index is 1.65. The second-order valence-electron chi connectivity index (χ2n) is 6.79. The molecule has 0 fully saturated rings.